The Morgan fingerprint density at radius 3 is 2.38 bits per heavy atom. The van der Waals surface area contributed by atoms with Gasteiger partial charge >= 0.3 is 6.09 Å². The van der Waals surface area contributed by atoms with Crippen molar-refractivity contribution in [2.45, 2.75) is 58.6 Å². The Balaban J connectivity index is 2.58. The minimum absolute atomic E-state index is 0.0410. The van der Waals surface area contributed by atoms with Crippen LogP contribution in [0.4, 0.5) is 10.5 Å². The maximum Gasteiger partial charge on any atom is 0.408 e. The number of aromatic nitrogens is 1. The molecule has 0 spiro atoms. The second kappa shape index (κ2) is 11.2. The normalized spacial score (nSPS) is 12.1. The summed E-state index contributed by atoms with van der Waals surface area (Å²) in [7, 11) is 1.62. The zero-order valence-electron chi connectivity index (χ0n) is 18.3. The number of hydrogen-bond donors (Lipinski definition) is 4. The summed E-state index contributed by atoms with van der Waals surface area (Å²) in [6.45, 7) is 9.95. The first-order valence-electron chi connectivity index (χ1n) is 9.78. The third-order valence-electron chi connectivity index (χ3n) is 4.30. The molecule has 1 rings (SSSR count). The van der Waals surface area contributed by atoms with Crippen molar-refractivity contribution < 1.29 is 14.3 Å². The van der Waals surface area contributed by atoms with Crippen molar-refractivity contribution >= 4 is 23.6 Å². The molecule has 0 aliphatic carbocycles. The molecule has 0 saturated heterocycles. The molecule has 9 heteroatoms. The summed E-state index contributed by atoms with van der Waals surface area (Å²) in [5.74, 6) is 0.244. The van der Waals surface area contributed by atoms with E-state index in [2.05, 4.69) is 31.2 Å². The first-order chi connectivity index (χ1) is 13.6. The van der Waals surface area contributed by atoms with Gasteiger partial charge in [-0.3, -0.25) is 14.8 Å². The van der Waals surface area contributed by atoms with Crippen molar-refractivity contribution in [2.75, 3.05) is 25.5 Å². The number of hydrogen-bond acceptors (Lipinski definition) is 5. The zero-order valence-corrected chi connectivity index (χ0v) is 18.3. The van der Waals surface area contributed by atoms with Gasteiger partial charge in [0.05, 0.1) is 24.0 Å². The molecule has 0 atom stereocenters. The highest BCUT2D eigenvalue weighted by Gasteiger charge is 2.30. The molecule has 0 aromatic carbocycles. The van der Waals surface area contributed by atoms with Crippen LogP contribution in [0.15, 0.2) is 29.5 Å². The number of guanidine groups is 1. The highest BCUT2D eigenvalue weighted by molar-refractivity contribution is 5.94. The number of pyridine rings is 1. The Morgan fingerprint density at radius 1 is 1.17 bits per heavy atom. The Bertz CT molecular complexity index is 681. The molecule has 0 radical (unpaired) electrons. The lowest BCUT2D eigenvalue weighted by atomic mass is 9.93. The molecule has 2 amide bonds. The van der Waals surface area contributed by atoms with Gasteiger partial charge < -0.3 is 26.0 Å². The summed E-state index contributed by atoms with van der Waals surface area (Å²) in [6.07, 6.45) is 4.16. The van der Waals surface area contributed by atoms with Crippen molar-refractivity contribution in [1.82, 2.24) is 20.9 Å². The lowest BCUT2D eigenvalue weighted by Crippen LogP contribution is -2.57. The van der Waals surface area contributed by atoms with Crippen LogP contribution in [0.3, 0.4) is 0 Å². The maximum absolute atomic E-state index is 12.2. The molecule has 1 aromatic heterocycles. The van der Waals surface area contributed by atoms with Crippen LogP contribution < -0.4 is 21.3 Å². The van der Waals surface area contributed by atoms with Gasteiger partial charge in [0.25, 0.3) is 0 Å². The highest BCUT2D eigenvalue weighted by Crippen LogP contribution is 2.16. The Kier molecular flexibility index (Phi) is 9.37. The monoisotopic (exact) mass is 406 g/mol. The van der Waals surface area contributed by atoms with Gasteiger partial charge in [-0.1, -0.05) is 13.8 Å². The van der Waals surface area contributed by atoms with E-state index in [0.29, 0.717) is 31.0 Å². The molecular weight excluding hydrogens is 372 g/mol. The summed E-state index contributed by atoms with van der Waals surface area (Å²) in [5, 5.41) is 11.9. The third kappa shape index (κ3) is 9.27. The van der Waals surface area contributed by atoms with Gasteiger partial charge in [-0.15, -0.1) is 0 Å². The third-order valence-corrected chi connectivity index (χ3v) is 4.30. The summed E-state index contributed by atoms with van der Waals surface area (Å²) >= 11 is 0. The molecule has 1 heterocycles. The second-order valence-corrected chi connectivity index (χ2v) is 7.68. The summed E-state index contributed by atoms with van der Waals surface area (Å²) in [4.78, 5) is 32.4. The fourth-order valence-corrected chi connectivity index (χ4v) is 2.52. The van der Waals surface area contributed by atoms with Gasteiger partial charge in [-0.05, 0) is 45.7 Å². The van der Waals surface area contributed by atoms with Crippen LogP contribution in [0.25, 0.3) is 0 Å². The Morgan fingerprint density at radius 2 is 1.86 bits per heavy atom. The van der Waals surface area contributed by atoms with Crippen molar-refractivity contribution in [3.8, 4) is 0 Å². The van der Waals surface area contributed by atoms with E-state index in [1.165, 1.54) is 0 Å². The van der Waals surface area contributed by atoms with E-state index in [9.17, 15) is 9.59 Å². The van der Waals surface area contributed by atoms with E-state index in [-0.39, 0.29) is 12.5 Å². The quantitative estimate of drug-likeness (QED) is 0.389. The topological polar surface area (TPSA) is 117 Å². The zero-order chi connectivity index (χ0) is 21.9. The van der Waals surface area contributed by atoms with Gasteiger partial charge in [0.15, 0.2) is 5.96 Å². The minimum Gasteiger partial charge on any atom is -0.444 e. The molecule has 0 aliphatic heterocycles. The van der Waals surface area contributed by atoms with Crippen LogP contribution in [-0.4, -0.2) is 54.2 Å². The van der Waals surface area contributed by atoms with Crippen LogP contribution in [0, 0.1) is 0 Å². The van der Waals surface area contributed by atoms with Gasteiger partial charge in [0.2, 0.25) is 5.91 Å². The number of anilines is 1. The molecule has 162 valence electrons. The van der Waals surface area contributed by atoms with Gasteiger partial charge in [0, 0.05) is 19.8 Å². The first-order valence-corrected chi connectivity index (χ1v) is 9.78. The molecule has 29 heavy (non-hydrogen) atoms. The van der Waals surface area contributed by atoms with Crippen LogP contribution >= 0.6 is 0 Å². The number of nitrogens with one attached hydrogen (secondary N) is 4. The average Bonchev–Trinajstić information content (AvgIpc) is 2.66. The second-order valence-electron chi connectivity index (χ2n) is 7.68. The molecule has 0 unspecified atom stereocenters. The number of carbonyl (C=O) groups excluding carboxylic acids is 2. The van der Waals surface area contributed by atoms with Crippen LogP contribution in [0.2, 0.25) is 0 Å². The SMILES string of the molecule is CCC(CC)(CNC(=NC)NCC(=O)Nc1cccnc1)NC(=O)OC(C)(C)C. The van der Waals surface area contributed by atoms with E-state index in [4.69, 9.17) is 4.74 Å². The van der Waals surface area contributed by atoms with Crippen molar-refractivity contribution in [1.29, 1.82) is 0 Å². The molecule has 0 fully saturated rings. The summed E-state index contributed by atoms with van der Waals surface area (Å²) < 4.78 is 5.38. The van der Waals surface area contributed by atoms with Gasteiger partial charge in [-0.2, -0.15) is 0 Å². The maximum atomic E-state index is 12.2. The van der Waals surface area contributed by atoms with E-state index >= 15 is 0 Å². The molecule has 0 aliphatic rings. The first kappa shape index (κ1) is 24.2. The number of carbonyl (C=O) groups is 2. The average molecular weight is 407 g/mol. The van der Waals surface area contributed by atoms with E-state index in [0.717, 1.165) is 0 Å². The van der Waals surface area contributed by atoms with Crippen LogP contribution in [0.5, 0.6) is 0 Å². The highest BCUT2D eigenvalue weighted by atomic mass is 16.6. The molecular formula is C20H34N6O3. The molecule has 0 bridgehead atoms. The number of nitrogens with zero attached hydrogens (tertiary/aromatic N) is 2. The number of ether oxygens (including phenoxy) is 1. The lowest BCUT2D eigenvalue weighted by Gasteiger charge is -2.34. The van der Waals surface area contributed by atoms with E-state index < -0.39 is 17.2 Å². The van der Waals surface area contributed by atoms with Crippen molar-refractivity contribution in [3.63, 3.8) is 0 Å². The van der Waals surface area contributed by atoms with Gasteiger partial charge in [-0.25, -0.2) is 4.79 Å². The molecule has 4 N–H and O–H groups in total. The summed E-state index contributed by atoms with van der Waals surface area (Å²) in [5.41, 5.74) is -0.443. The smallest absolute Gasteiger partial charge is 0.408 e. The fourth-order valence-electron chi connectivity index (χ4n) is 2.52. The number of amides is 2. The van der Waals surface area contributed by atoms with Crippen LogP contribution in [0.1, 0.15) is 47.5 Å². The van der Waals surface area contributed by atoms with Crippen molar-refractivity contribution in [2.24, 2.45) is 4.99 Å². The van der Waals surface area contributed by atoms with Crippen molar-refractivity contribution in [3.05, 3.63) is 24.5 Å². The molecule has 1 aromatic rings. The van der Waals surface area contributed by atoms with E-state index in [1.807, 2.05) is 34.6 Å². The molecule has 0 saturated carbocycles. The number of aliphatic imine (C=N–C) groups is 1. The number of rotatable bonds is 8. The fraction of sp³-hybridized carbons (Fsp3) is 0.600. The van der Waals surface area contributed by atoms with Gasteiger partial charge in [0.1, 0.15) is 5.60 Å². The molecule has 9 nitrogen and oxygen atoms in total. The lowest BCUT2D eigenvalue weighted by molar-refractivity contribution is -0.115. The summed E-state index contributed by atoms with van der Waals surface area (Å²) in [6, 6.07) is 3.51. The minimum atomic E-state index is -0.566. The predicted octanol–water partition coefficient (Wildman–Crippen LogP) is 2.27. The predicted molar refractivity (Wildman–Crippen MR) is 115 cm³/mol. The standard InChI is InChI=1S/C20H34N6O3/c1-7-20(8-2,26-18(28)29-19(3,4)5)14-24-17(21-6)23-13-16(27)25-15-10-9-11-22-12-15/h9-12H,7-8,13-14H2,1-6H3,(H,25,27)(H,26,28)(H2,21,23,24). The largest absolute Gasteiger partial charge is 0.444 e. The van der Waals surface area contributed by atoms with E-state index in [1.54, 1.807) is 31.6 Å². The number of alkyl carbamates (subject to hydrolysis) is 1. The Labute approximate surface area is 173 Å². The van der Waals surface area contributed by atoms with Crippen LogP contribution in [-0.2, 0) is 9.53 Å². The Hall–Kier alpha value is -2.84.